The van der Waals surface area contributed by atoms with Crippen molar-refractivity contribution in [3.63, 3.8) is 0 Å². The minimum absolute atomic E-state index is 0.0910. The van der Waals surface area contributed by atoms with Gasteiger partial charge in [-0.15, -0.1) is 0 Å². The molecule has 94 valence electrons. The average molecular weight is 245 g/mol. The Balaban J connectivity index is 2.19. The van der Waals surface area contributed by atoms with Gasteiger partial charge in [-0.05, 0) is 31.4 Å². The maximum absolute atomic E-state index is 11.4. The maximum Gasteiger partial charge on any atom is 0.254 e. The summed E-state index contributed by atoms with van der Waals surface area (Å²) >= 11 is 0. The molecule has 0 unspecified atom stereocenters. The van der Waals surface area contributed by atoms with Gasteiger partial charge in [-0.3, -0.25) is 4.79 Å². The molecule has 1 fully saturated rings. The van der Waals surface area contributed by atoms with Gasteiger partial charge < -0.3 is 15.7 Å². The Morgan fingerprint density at radius 3 is 2.67 bits per heavy atom. The molecular formula is C13H15N3O2. The molecule has 0 saturated heterocycles. The van der Waals surface area contributed by atoms with Crippen molar-refractivity contribution in [2.75, 3.05) is 12.4 Å². The lowest BCUT2D eigenvalue weighted by Crippen LogP contribution is -2.43. The Hall–Kier alpha value is -2.22. The summed E-state index contributed by atoms with van der Waals surface area (Å²) < 4.78 is 0. The summed E-state index contributed by atoms with van der Waals surface area (Å²) in [4.78, 5) is 11.4. The first-order valence-corrected chi connectivity index (χ1v) is 5.85. The predicted octanol–water partition coefficient (Wildman–Crippen LogP) is 1.61. The van der Waals surface area contributed by atoms with E-state index in [0.29, 0.717) is 5.69 Å². The molecule has 1 saturated carbocycles. The highest BCUT2D eigenvalue weighted by Crippen LogP contribution is 2.35. The van der Waals surface area contributed by atoms with Crippen molar-refractivity contribution in [2.45, 2.75) is 24.8 Å². The zero-order chi connectivity index (χ0) is 13.2. The summed E-state index contributed by atoms with van der Waals surface area (Å²) in [7, 11) is 1.51. The molecule has 1 aromatic carbocycles. The standard InChI is InChI=1S/C13H15N3O2/c1-15-12(18)10-4-3-9(7-11(10)17)16-13(8-14)5-2-6-13/h3-4,7,16-17H,2,5-6H2,1H3,(H,15,18). The van der Waals surface area contributed by atoms with Crippen LogP contribution < -0.4 is 10.6 Å². The quantitative estimate of drug-likeness (QED) is 0.755. The van der Waals surface area contributed by atoms with E-state index in [0.717, 1.165) is 19.3 Å². The Morgan fingerprint density at radius 1 is 1.50 bits per heavy atom. The van der Waals surface area contributed by atoms with E-state index < -0.39 is 5.54 Å². The third kappa shape index (κ3) is 2.09. The number of hydrogen-bond donors (Lipinski definition) is 3. The van der Waals surface area contributed by atoms with Crippen LogP contribution in [-0.4, -0.2) is 23.6 Å². The Kier molecular flexibility index (Phi) is 3.11. The van der Waals surface area contributed by atoms with Crippen LogP contribution in [0.15, 0.2) is 18.2 Å². The van der Waals surface area contributed by atoms with Gasteiger partial charge in [-0.1, -0.05) is 0 Å². The molecule has 1 aliphatic rings. The molecule has 0 bridgehead atoms. The number of nitriles is 1. The van der Waals surface area contributed by atoms with Crippen LogP contribution in [0.5, 0.6) is 5.75 Å². The largest absolute Gasteiger partial charge is 0.507 e. The van der Waals surface area contributed by atoms with Gasteiger partial charge in [-0.25, -0.2) is 0 Å². The number of nitrogens with zero attached hydrogens (tertiary/aromatic N) is 1. The Morgan fingerprint density at radius 2 is 2.22 bits per heavy atom. The molecule has 3 N–H and O–H groups in total. The van der Waals surface area contributed by atoms with Crippen molar-refractivity contribution in [2.24, 2.45) is 0 Å². The topological polar surface area (TPSA) is 85.2 Å². The van der Waals surface area contributed by atoms with Crippen molar-refractivity contribution in [1.29, 1.82) is 5.26 Å². The molecule has 18 heavy (non-hydrogen) atoms. The number of carbonyl (C=O) groups is 1. The number of phenolic OH excluding ortho intramolecular Hbond substituents is 1. The Labute approximate surface area is 105 Å². The van der Waals surface area contributed by atoms with Gasteiger partial charge in [0.1, 0.15) is 11.3 Å². The molecule has 0 radical (unpaired) electrons. The molecule has 0 spiro atoms. The monoisotopic (exact) mass is 245 g/mol. The fourth-order valence-corrected chi connectivity index (χ4v) is 2.01. The van der Waals surface area contributed by atoms with Crippen LogP contribution in [0, 0.1) is 11.3 Å². The van der Waals surface area contributed by atoms with Crippen LogP contribution in [0.25, 0.3) is 0 Å². The van der Waals surface area contributed by atoms with E-state index in [-0.39, 0.29) is 17.2 Å². The third-order valence-corrected chi connectivity index (χ3v) is 3.27. The summed E-state index contributed by atoms with van der Waals surface area (Å²) in [5.41, 5.74) is 0.366. The molecule has 5 nitrogen and oxygen atoms in total. The van der Waals surface area contributed by atoms with E-state index in [9.17, 15) is 9.90 Å². The minimum atomic E-state index is -0.513. The predicted molar refractivity (Wildman–Crippen MR) is 67.3 cm³/mol. The molecular weight excluding hydrogens is 230 g/mol. The van der Waals surface area contributed by atoms with Crippen molar-refractivity contribution < 1.29 is 9.90 Å². The zero-order valence-electron chi connectivity index (χ0n) is 10.2. The summed E-state index contributed by atoms with van der Waals surface area (Å²) in [5.74, 6) is -0.426. The zero-order valence-corrected chi connectivity index (χ0v) is 10.2. The first-order valence-electron chi connectivity index (χ1n) is 5.85. The smallest absolute Gasteiger partial charge is 0.254 e. The number of hydrogen-bond acceptors (Lipinski definition) is 4. The molecule has 1 aromatic rings. The SMILES string of the molecule is CNC(=O)c1ccc(NC2(C#N)CCC2)cc1O. The lowest BCUT2D eigenvalue weighted by molar-refractivity contribution is 0.0960. The van der Waals surface area contributed by atoms with E-state index in [2.05, 4.69) is 16.7 Å². The van der Waals surface area contributed by atoms with Gasteiger partial charge in [0, 0.05) is 18.8 Å². The molecule has 0 atom stereocenters. The number of nitrogens with one attached hydrogen (secondary N) is 2. The summed E-state index contributed by atoms with van der Waals surface area (Å²) in [6.07, 6.45) is 2.64. The van der Waals surface area contributed by atoms with Crippen molar-refractivity contribution in [3.8, 4) is 11.8 Å². The number of aromatic hydroxyl groups is 1. The van der Waals surface area contributed by atoms with E-state index in [1.54, 1.807) is 12.1 Å². The second-order valence-electron chi connectivity index (χ2n) is 4.48. The van der Waals surface area contributed by atoms with E-state index in [4.69, 9.17) is 5.26 Å². The number of amides is 1. The van der Waals surface area contributed by atoms with Crippen molar-refractivity contribution in [3.05, 3.63) is 23.8 Å². The van der Waals surface area contributed by atoms with Gasteiger partial charge in [0.15, 0.2) is 0 Å². The van der Waals surface area contributed by atoms with E-state index in [1.807, 2.05) is 0 Å². The molecule has 1 aliphatic carbocycles. The van der Waals surface area contributed by atoms with Crippen molar-refractivity contribution >= 4 is 11.6 Å². The van der Waals surface area contributed by atoms with E-state index >= 15 is 0 Å². The normalized spacial score (nSPS) is 16.2. The highest BCUT2D eigenvalue weighted by Gasteiger charge is 2.37. The van der Waals surface area contributed by atoms with E-state index in [1.165, 1.54) is 13.1 Å². The second kappa shape index (κ2) is 4.57. The van der Waals surface area contributed by atoms with Crippen LogP contribution in [0.2, 0.25) is 0 Å². The molecule has 5 heteroatoms. The molecule has 0 aliphatic heterocycles. The first-order chi connectivity index (χ1) is 8.60. The lowest BCUT2D eigenvalue weighted by Gasteiger charge is -2.36. The number of benzene rings is 1. The number of carbonyl (C=O) groups excluding carboxylic acids is 1. The second-order valence-corrected chi connectivity index (χ2v) is 4.48. The van der Waals surface area contributed by atoms with Crippen LogP contribution in [0.4, 0.5) is 5.69 Å². The number of rotatable bonds is 3. The molecule has 0 aromatic heterocycles. The summed E-state index contributed by atoms with van der Waals surface area (Å²) in [5, 5.41) is 24.4. The fourth-order valence-electron chi connectivity index (χ4n) is 2.01. The lowest BCUT2D eigenvalue weighted by atomic mass is 9.78. The fraction of sp³-hybridized carbons (Fsp3) is 0.385. The van der Waals surface area contributed by atoms with Crippen LogP contribution >= 0.6 is 0 Å². The highest BCUT2D eigenvalue weighted by molar-refractivity contribution is 5.97. The van der Waals surface area contributed by atoms with Crippen LogP contribution in [0.3, 0.4) is 0 Å². The van der Waals surface area contributed by atoms with Gasteiger partial charge in [0.05, 0.1) is 11.6 Å². The maximum atomic E-state index is 11.4. The van der Waals surface area contributed by atoms with Gasteiger partial charge in [0.25, 0.3) is 5.91 Å². The average Bonchev–Trinajstić information content (AvgIpc) is 2.33. The van der Waals surface area contributed by atoms with Gasteiger partial charge in [0.2, 0.25) is 0 Å². The molecule has 2 rings (SSSR count). The highest BCUT2D eigenvalue weighted by atomic mass is 16.3. The van der Waals surface area contributed by atoms with Gasteiger partial charge >= 0.3 is 0 Å². The van der Waals surface area contributed by atoms with Crippen LogP contribution in [-0.2, 0) is 0 Å². The Bertz CT molecular complexity index is 515. The van der Waals surface area contributed by atoms with Gasteiger partial charge in [-0.2, -0.15) is 5.26 Å². The number of phenols is 1. The first kappa shape index (κ1) is 12.2. The van der Waals surface area contributed by atoms with Crippen LogP contribution in [0.1, 0.15) is 29.6 Å². The summed E-state index contributed by atoms with van der Waals surface area (Å²) in [6, 6.07) is 6.97. The number of anilines is 1. The molecule has 0 heterocycles. The van der Waals surface area contributed by atoms with Crippen molar-refractivity contribution in [1.82, 2.24) is 5.32 Å². The molecule has 1 amide bonds. The third-order valence-electron chi connectivity index (χ3n) is 3.27. The minimum Gasteiger partial charge on any atom is -0.507 e. The summed E-state index contributed by atoms with van der Waals surface area (Å²) in [6.45, 7) is 0.